The molecule has 0 bridgehead atoms. The lowest BCUT2D eigenvalue weighted by atomic mass is 10.0. The number of nitrogens with two attached hydrogens (primary N) is 1. The number of carboxylic acid groups (broad SMARTS) is 1. The van der Waals surface area contributed by atoms with Crippen LogP contribution < -0.4 is 31.0 Å². The van der Waals surface area contributed by atoms with Crippen LogP contribution in [0.15, 0.2) is 59.7 Å². The zero-order valence-corrected chi connectivity index (χ0v) is 21.7. The van der Waals surface area contributed by atoms with Gasteiger partial charge in [0.2, 0.25) is 5.75 Å². The summed E-state index contributed by atoms with van der Waals surface area (Å²) in [6.07, 6.45) is 3.81. The van der Waals surface area contributed by atoms with Gasteiger partial charge in [0.05, 0.1) is 20.3 Å². The molecule has 208 valence electrons. The van der Waals surface area contributed by atoms with Gasteiger partial charge in [0, 0.05) is 37.0 Å². The van der Waals surface area contributed by atoms with Crippen LogP contribution in [0, 0.1) is 5.41 Å². The Morgan fingerprint density at radius 1 is 1.20 bits per heavy atom. The Kier molecular flexibility index (Phi) is 8.59. The summed E-state index contributed by atoms with van der Waals surface area (Å²) in [6.45, 7) is 2.10. The van der Waals surface area contributed by atoms with Gasteiger partial charge in [-0.15, -0.1) is 9.78 Å². The van der Waals surface area contributed by atoms with E-state index < -0.39 is 17.7 Å². The van der Waals surface area contributed by atoms with Crippen LogP contribution in [-0.2, 0) is 4.79 Å². The molecule has 2 aromatic heterocycles. The van der Waals surface area contributed by atoms with Gasteiger partial charge in [-0.05, 0) is 48.0 Å². The smallest absolute Gasteiger partial charge is 0.350 e. The summed E-state index contributed by atoms with van der Waals surface area (Å²) in [5, 5.41) is 22.9. The minimum absolute atomic E-state index is 0.0309. The molecule has 14 heteroatoms. The van der Waals surface area contributed by atoms with Gasteiger partial charge >= 0.3 is 5.69 Å². The van der Waals surface area contributed by atoms with E-state index in [4.69, 9.17) is 35.3 Å². The standard InChI is InChI=1S/C24H24N8O4.C2H4O2/c1-34-17-12-15(13-18-20(17)36-11-3-10-35-18)19(29-16-6-4-14(5-7-16)21(25)26)22-30-24(33)32(31-22)23-27-8-2-9-28-23;1-2(3)4/h2,4-9,12-13,19,29H,3,10-11H2,1H3,(H3,25,26)(H,30,31,33);1H3,(H,3,4)/t19-;/m0./s1. The van der Waals surface area contributed by atoms with Gasteiger partial charge in [-0.1, -0.05) is 0 Å². The van der Waals surface area contributed by atoms with E-state index in [0.29, 0.717) is 53.1 Å². The van der Waals surface area contributed by atoms with Crippen molar-refractivity contribution in [3.63, 3.8) is 0 Å². The SMILES string of the molecule is CC(=O)O.COc1cc([C@H](Nc2ccc(C(=N)N)cc2)c2nn(-c3ncccn3)c(=O)[nH]2)cc2c1OCCCO2. The van der Waals surface area contributed by atoms with E-state index in [1.807, 2.05) is 12.1 Å². The number of ether oxygens (including phenoxy) is 3. The first-order valence-corrected chi connectivity index (χ1v) is 12.1. The number of anilines is 1. The molecule has 1 aliphatic rings. The van der Waals surface area contributed by atoms with Gasteiger partial charge in [0.1, 0.15) is 11.9 Å². The zero-order valence-electron chi connectivity index (χ0n) is 21.7. The lowest BCUT2D eigenvalue weighted by Crippen LogP contribution is -2.18. The maximum absolute atomic E-state index is 12.8. The fraction of sp³-hybridized carbons (Fsp3) is 0.231. The number of nitrogens with zero attached hydrogens (tertiary/aromatic N) is 4. The van der Waals surface area contributed by atoms with E-state index >= 15 is 0 Å². The highest BCUT2D eigenvalue weighted by atomic mass is 16.5. The van der Waals surface area contributed by atoms with Gasteiger partial charge < -0.3 is 30.4 Å². The number of hydrogen-bond acceptors (Lipinski definition) is 10. The van der Waals surface area contributed by atoms with Crippen molar-refractivity contribution in [3.05, 3.63) is 82.3 Å². The molecule has 40 heavy (non-hydrogen) atoms. The largest absolute Gasteiger partial charge is 0.493 e. The van der Waals surface area contributed by atoms with E-state index in [2.05, 4.69) is 25.4 Å². The molecule has 0 unspecified atom stereocenters. The van der Waals surface area contributed by atoms with Gasteiger partial charge in [-0.3, -0.25) is 15.2 Å². The molecule has 0 aliphatic carbocycles. The average molecular weight is 549 g/mol. The van der Waals surface area contributed by atoms with Crippen LogP contribution in [0.5, 0.6) is 17.2 Å². The van der Waals surface area contributed by atoms with Crippen LogP contribution in [-0.4, -0.2) is 62.0 Å². The third-order valence-corrected chi connectivity index (χ3v) is 5.55. The summed E-state index contributed by atoms with van der Waals surface area (Å²) in [5.74, 6) is 1.16. The molecule has 0 spiro atoms. The number of amidine groups is 1. The molecule has 1 atom stereocenters. The first kappa shape index (κ1) is 27.6. The molecule has 4 aromatic rings. The van der Waals surface area contributed by atoms with Crippen molar-refractivity contribution in [2.45, 2.75) is 19.4 Å². The fourth-order valence-electron chi connectivity index (χ4n) is 3.81. The second kappa shape index (κ2) is 12.4. The van der Waals surface area contributed by atoms with E-state index in [0.717, 1.165) is 18.0 Å². The summed E-state index contributed by atoms with van der Waals surface area (Å²) >= 11 is 0. The zero-order chi connectivity index (χ0) is 28.6. The van der Waals surface area contributed by atoms with E-state index in [1.165, 1.54) is 12.4 Å². The van der Waals surface area contributed by atoms with Crippen LogP contribution in [0.4, 0.5) is 5.69 Å². The minimum Gasteiger partial charge on any atom is -0.493 e. The first-order valence-electron chi connectivity index (χ1n) is 12.1. The normalized spacial score (nSPS) is 12.8. The van der Waals surface area contributed by atoms with Crippen molar-refractivity contribution in [1.82, 2.24) is 24.7 Å². The van der Waals surface area contributed by atoms with Crippen LogP contribution >= 0.6 is 0 Å². The number of aromatic nitrogens is 5. The minimum atomic E-state index is -0.833. The Balaban J connectivity index is 0.000000867. The van der Waals surface area contributed by atoms with Gasteiger partial charge in [0.25, 0.3) is 11.9 Å². The number of benzene rings is 2. The van der Waals surface area contributed by atoms with E-state index in [-0.39, 0.29) is 11.8 Å². The molecule has 0 radical (unpaired) electrons. The first-order chi connectivity index (χ1) is 19.3. The second-order valence-electron chi connectivity index (χ2n) is 8.46. The highest BCUT2D eigenvalue weighted by Crippen LogP contribution is 2.42. The molecular weight excluding hydrogens is 520 g/mol. The van der Waals surface area contributed by atoms with Crippen LogP contribution in [0.1, 0.15) is 36.3 Å². The number of fused-ring (bicyclic) bond motifs is 1. The summed E-state index contributed by atoms with van der Waals surface area (Å²) < 4.78 is 18.5. The number of carbonyl (C=O) groups is 1. The van der Waals surface area contributed by atoms with Crippen molar-refractivity contribution >= 4 is 17.5 Å². The Labute approximate surface area is 228 Å². The molecule has 0 saturated carbocycles. The van der Waals surface area contributed by atoms with Gasteiger partial charge in [-0.25, -0.2) is 14.8 Å². The van der Waals surface area contributed by atoms with E-state index in [1.54, 1.807) is 37.4 Å². The molecule has 14 nitrogen and oxygen atoms in total. The van der Waals surface area contributed by atoms with Crippen molar-refractivity contribution < 1.29 is 24.1 Å². The van der Waals surface area contributed by atoms with Crippen LogP contribution in [0.2, 0.25) is 0 Å². The monoisotopic (exact) mass is 548 g/mol. The number of rotatable bonds is 7. The lowest BCUT2D eigenvalue weighted by Gasteiger charge is -2.21. The van der Waals surface area contributed by atoms with Crippen LogP contribution in [0.3, 0.4) is 0 Å². The predicted octanol–water partition coefficient (Wildman–Crippen LogP) is 2.10. The number of hydrogen-bond donors (Lipinski definition) is 5. The van der Waals surface area contributed by atoms with Gasteiger partial charge in [0.15, 0.2) is 17.3 Å². The summed E-state index contributed by atoms with van der Waals surface area (Å²) in [4.78, 5) is 32.8. The molecular formula is C26H28N8O6. The molecule has 0 amide bonds. The second-order valence-corrected chi connectivity index (χ2v) is 8.46. The van der Waals surface area contributed by atoms with Crippen LogP contribution in [0.25, 0.3) is 5.95 Å². The number of methoxy groups -OCH3 is 1. The molecule has 0 fully saturated rings. The van der Waals surface area contributed by atoms with E-state index in [9.17, 15) is 4.79 Å². The summed E-state index contributed by atoms with van der Waals surface area (Å²) in [5.41, 5.74) is 7.11. The number of aromatic amines is 1. The van der Waals surface area contributed by atoms with Crippen molar-refractivity contribution in [1.29, 1.82) is 5.41 Å². The third kappa shape index (κ3) is 6.53. The molecule has 0 saturated heterocycles. The number of carboxylic acids is 1. The van der Waals surface area contributed by atoms with Crippen molar-refractivity contribution in [3.8, 4) is 23.2 Å². The quantitative estimate of drug-likeness (QED) is 0.167. The van der Waals surface area contributed by atoms with Gasteiger partial charge in [-0.2, -0.15) is 0 Å². The predicted molar refractivity (Wildman–Crippen MR) is 145 cm³/mol. The summed E-state index contributed by atoms with van der Waals surface area (Å²) in [6, 6.07) is 11.7. The third-order valence-electron chi connectivity index (χ3n) is 5.55. The molecule has 6 N–H and O–H groups in total. The molecule has 2 aromatic carbocycles. The molecule has 1 aliphatic heterocycles. The lowest BCUT2D eigenvalue weighted by molar-refractivity contribution is -0.134. The highest BCUT2D eigenvalue weighted by Gasteiger charge is 2.26. The maximum Gasteiger partial charge on any atom is 0.350 e. The summed E-state index contributed by atoms with van der Waals surface area (Å²) in [7, 11) is 1.56. The fourth-order valence-corrected chi connectivity index (χ4v) is 3.81. The topological polar surface area (TPSA) is 203 Å². The number of nitrogen functional groups attached to an aromatic ring is 1. The molecule has 5 rings (SSSR count). The maximum atomic E-state index is 12.8. The highest BCUT2D eigenvalue weighted by molar-refractivity contribution is 5.95. The van der Waals surface area contributed by atoms with Crippen molar-refractivity contribution in [2.75, 3.05) is 25.6 Å². The molecule has 3 heterocycles. The number of nitrogens with one attached hydrogen (secondary N) is 3. The Hall–Kier alpha value is -5.40. The van der Waals surface area contributed by atoms with Crippen molar-refractivity contribution in [2.24, 2.45) is 5.73 Å². The average Bonchev–Trinajstić information content (AvgIpc) is 3.16. The Morgan fingerprint density at radius 3 is 2.52 bits per heavy atom. The number of aliphatic carboxylic acids is 1. The Bertz CT molecular complexity index is 1530. The number of H-pyrrole nitrogens is 1. The Morgan fingerprint density at radius 2 is 1.88 bits per heavy atom.